The number of nitrogens with zero attached hydrogens (tertiary/aromatic N) is 2. The second-order valence-electron chi connectivity index (χ2n) is 5.71. The zero-order valence-corrected chi connectivity index (χ0v) is 15.0. The molecule has 0 aliphatic carbocycles. The van der Waals surface area contributed by atoms with Gasteiger partial charge < -0.3 is 19.5 Å². The molecule has 21 heavy (non-hydrogen) atoms. The third-order valence-electron chi connectivity index (χ3n) is 3.20. The van der Waals surface area contributed by atoms with Gasteiger partial charge in [-0.15, -0.1) is 0 Å². The minimum atomic E-state index is -4.75. The van der Waals surface area contributed by atoms with Gasteiger partial charge in [-0.05, 0) is 27.2 Å². The van der Waals surface area contributed by atoms with Crippen molar-refractivity contribution in [3.63, 3.8) is 0 Å². The Morgan fingerprint density at radius 2 is 2.00 bits per heavy atom. The van der Waals surface area contributed by atoms with Gasteiger partial charge in [-0.1, -0.05) is 0 Å². The van der Waals surface area contributed by atoms with Crippen LogP contribution >= 0.6 is 0 Å². The van der Waals surface area contributed by atoms with E-state index < -0.39 is 39.7 Å². The van der Waals surface area contributed by atoms with Gasteiger partial charge in [-0.3, -0.25) is 9.35 Å². The summed E-state index contributed by atoms with van der Waals surface area (Å²) >= 11 is 0. The zero-order valence-electron chi connectivity index (χ0n) is 12.2. The molecule has 0 spiro atoms. The molecule has 9 nitrogen and oxygen atoms in total. The van der Waals surface area contributed by atoms with Gasteiger partial charge in [0.15, 0.2) is 0 Å². The van der Waals surface area contributed by atoms with Crippen LogP contribution in [-0.4, -0.2) is 58.1 Å². The third-order valence-corrected chi connectivity index (χ3v) is 4.12. The fourth-order valence-corrected chi connectivity index (χ4v) is 3.60. The Labute approximate surface area is 144 Å². The molecule has 2 saturated heterocycles. The summed E-state index contributed by atoms with van der Waals surface area (Å²) in [5, 5.41) is 11.1. The van der Waals surface area contributed by atoms with Crippen LogP contribution in [-0.2, 0) is 19.8 Å². The van der Waals surface area contributed by atoms with Crippen LogP contribution in [0, 0.1) is 0 Å². The quantitative estimate of drug-likeness (QED) is 0.307. The molecule has 2 rings (SSSR count). The van der Waals surface area contributed by atoms with Crippen LogP contribution in [0.3, 0.4) is 0 Å². The van der Waals surface area contributed by atoms with Gasteiger partial charge >= 0.3 is 39.9 Å². The number of amides is 2. The van der Waals surface area contributed by atoms with E-state index in [9.17, 15) is 23.1 Å². The van der Waals surface area contributed by atoms with E-state index in [-0.39, 0.29) is 46.8 Å². The minimum absolute atomic E-state index is 0. The number of carboxylic acid groups (broad SMARTS) is 1. The van der Waals surface area contributed by atoms with Crippen molar-refractivity contribution >= 4 is 22.3 Å². The van der Waals surface area contributed by atoms with Crippen LogP contribution in [0.25, 0.3) is 0 Å². The van der Waals surface area contributed by atoms with E-state index in [0.29, 0.717) is 4.90 Å². The molecule has 2 fully saturated rings. The van der Waals surface area contributed by atoms with E-state index >= 15 is 0 Å². The summed E-state index contributed by atoms with van der Waals surface area (Å²) in [6.45, 7) is 4.71. The summed E-state index contributed by atoms with van der Waals surface area (Å²) < 4.78 is 37.2. The molecule has 0 aromatic heterocycles. The number of carbonyl (C=O) groups excluding carboxylic acids is 2. The topological polar surface area (TPSA) is 127 Å². The standard InChI is InChI=1S/C10H16N2O7S.Na/c1-9(2,3)19-10-6(4-5-11(10)8(14)15)12(7(10)13)20(16,17)18;/h6H,4-5H2,1-3H3,(H,14,15)(H,16,17,18);/q;+1/p-1/t6-,10+;/m1./s1. The van der Waals surface area contributed by atoms with Gasteiger partial charge in [0.2, 0.25) is 5.72 Å². The number of rotatable bonds is 2. The van der Waals surface area contributed by atoms with Crippen molar-refractivity contribution in [3.05, 3.63) is 0 Å². The Balaban J connectivity index is 0.00000220. The van der Waals surface area contributed by atoms with Crippen molar-refractivity contribution in [1.82, 2.24) is 9.21 Å². The normalized spacial score (nSPS) is 28.8. The Bertz CT molecular complexity index is 572. The molecular weight excluding hydrogens is 315 g/mol. The number of carbonyl (C=O) groups is 2. The van der Waals surface area contributed by atoms with Crippen LogP contribution in [0.5, 0.6) is 0 Å². The number of β-lactam (4-membered cyclic amide) rings is 1. The first-order valence-corrected chi connectivity index (χ1v) is 7.31. The van der Waals surface area contributed by atoms with E-state index in [1.165, 1.54) is 0 Å². The van der Waals surface area contributed by atoms with Crippen molar-refractivity contribution < 1.29 is 62.0 Å². The van der Waals surface area contributed by atoms with Crippen LogP contribution in [0.15, 0.2) is 0 Å². The van der Waals surface area contributed by atoms with Gasteiger partial charge in [0.25, 0.3) is 5.91 Å². The Morgan fingerprint density at radius 3 is 2.38 bits per heavy atom. The molecule has 11 heteroatoms. The Hall–Kier alpha value is -0.390. The maximum Gasteiger partial charge on any atom is 1.00 e. The second kappa shape index (κ2) is 5.36. The monoisotopic (exact) mass is 330 g/mol. The Morgan fingerprint density at radius 1 is 1.48 bits per heavy atom. The molecule has 2 amide bonds. The number of ether oxygens (including phenoxy) is 1. The van der Waals surface area contributed by atoms with Gasteiger partial charge in [0, 0.05) is 6.54 Å². The number of fused-ring (bicyclic) bond motifs is 1. The molecule has 0 saturated carbocycles. The van der Waals surface area contributed by atoms with Crippen LogP contribution in [0.2, 0.25) is 0 Å². The number of likely N-dealkylation sites (tertiary alicyclic amines) is 1. The maximum atomic E-state index is 12.1. The first-order valence-electron chi connectivity index (χ1n) is 5.91. The summed E-state index contributed by atoms with van der Waals surface area (Å²) in [6, 6.07) is -1.08. The first-order chi connectivity index (χ1) is 8.91. The van der Waals surface area contributed by atoms with E-state index in [0.717, 1.165) is 0 Å². The number of hydrogen-bond acceptors (Lipinski definition) is 6. The second-order valence-corrected chi connectivity index (χ2v) is 7.00. The minimum Gasteiger partial charge on any atom is -0.530 e. The van der Waals surface area contributed by atoms with Gasteiger partial charge in [-0.2, -0.15) is 8.42 Å². The molecular formula is C10H15N2NaO7S. The summed E-state index contributed by atoms with van der Waals surface area (Å²) in [7, 11) is -4.75. The SMILES string of the molecule is CC(C)(C)O[C@]12C(=O)N(S(=O)(=O)O)[C@@H]1CCN2C(=O)[O-].[Na+]. The smallest absolute Gasteiger partial charge is 0.530 e. The van der Waals surface area contributed by atoms with Crippen LogP contribution in [0.4, 0.5) is 4.79 Å². The summed E-state index contributed by atoms with van der Waals surface area (Å²) in [4.78, 5) is 23.9. The summed E-state index contributed by atoms with van der Waals surface area (Å²) in [5.41, 5.74) is -2.83. The molecule has 1 N–H and O–H groups in total. The molecule has 0 bridgehead atoms. The predicted octanol–water partition coefficient (Wildman–Crippen LogP) is -4.44. The first kappa shape index (κ1) is 18.7. The van der Waals surface area contributed by atoms with Crippen molar-refractivity contribution in [2.45, 2.75) is 44.6 Å². The van der Waals surface area contributed by atoms with Gasteiger partial charge in [-0.25, -0.2) is 4.31 Å². The average molecular weight is 330 g/mol. The third kappa shape index (κ3) is 2.80. The fraction of sp³-hybridized carbons (Fsp3) is 0.800. The van der Waals surface area contributed by atoms with Crippen LogP contribution < -0.4 is 34.7 Å². The maximum absolute atomic E-state index is 12.1. The van der Waals surface area contributed by atoms with Gasteiger partial charge in [0.05, 0.1) is 5.60 Å². The molecule has 114 valence electrons. The number of hydrogen-bond donors (Lipinski definition) is 1. The largest absolute Gasteiger partial charge is 1.00 e. The predicted molar refractivity (Wildman–Crippen MR) is 62.5 cm³/mol. The van der Waals surface area contributed by atoms with Crippen LogP contribution in [0.1, 0.15) is 27.2 Å². The zero-order chi connectivity index (χ0) is 15.5. The Kier molecular flexibility index (Phi) is 4.76. The van der Waals surface area contributed by atoms with Crippen molar-refractivity contribution in [3.8, 4) is 0 Å². The van der Waals surface area contributed by atoms with E-state index in [4.69, 9.17) is 9.29 Å². The molecule has 2 aliphatic rings. The molecule has 0 unspecified atom stereocenters. The fourth-order valence-electron chi connectivity index (χ4n) is 2.69. The molecule has 0 aromatic rings. The van der Waals surface area contributed by atoms with E-state index in [1.807, 2.05) is 0 Å². The van der Waals surface area contributed by atoms with E-state index in [2.05, 4.69) is 0 Å². The molecule has 2 atom stereocenters. The average Bonchev–Trinajstić information content (AvgIpc) is 2.50. The van der Waals surface area contributed by atoms with E-state index in [1.54, 1.807) is 20.8 Å². The molecule has 0 aromatic carbocycles. The molecule has 0 radical (unpaired) electrons. The molecule has 2 aliphatic heterocycles. The summed E-state index contributed by atoms with van der Waals surface area (Å²) in [5.74, 6) is -1.12. The van der Waals surface area contributed by atoms with Crippen molar-refractivity contribution in [1.29, 1.82) is 0 Å². The van der Waals surface area contributed by atoms with Crippen molar-refractivity contribution in [2.75, 3.05) is 6.54 Å². The van der Waals surface area contributed by atoms with Crippen molar-refractivity contribution in [2.24, 2.45) is 0 Å². The summed E-state index contributed by atoms with van der Waals surface area (Å²) in [6.07, 6.45) is -1.59. The molecule has 2 heterocycles. The van der Waals surface area contributed by atoms with Gasteiger partial charge in [0.1, 0.15) is 12.1 Å².